The number of carbonyl (C=O) groups excluding carboxylic acids is 1. The van der Waals surface area contributed by atoms with Crippen LogP contribution in [0.25, 0.3) is 0 Å². The minimum Gasteiger partial charge on any atom is -0.494 e. The summed E-state index contributed by atoms with van der Waals surface area (Å²) in [7, 11) is 0. The first-order chi connectivity index (χ1) is 12.3. The molecule has 3 rings (SSSR count). The first-order valence-electron chi connectivity index (χ1n) is 8.98. The summed E-state index contributed by atoms with van der Waals surface area (Å²) in [6.45, 7) is 2.12. The van der Waals surface area contributed by atoms with Gasteiger partial charge in [0, 0.05) is 32.4 Å². The summed E-state index contributed by atoms with van der Waals surface area (Å²) >= 11 is 0. The number of ether oxygens (including phenoxy) is 2. The Bertz CT molecular complexity index is 637. The second kappa shape index (κ2) is 9.11. The van der Waals surface area contributed by atoms with Crippen molar-refractivity contribution in [1.82, 2.24) is 4.90 Å². The Balaban J connectivity index is 1.33. The molecule has 0 saturated carbocycles. The zero-order chi connectivity index (χ0) is 17.3. The molecule has 2 aromatic rings. The van der Waals surface area contributed by atoms with E-state index in [0.29, 0.717) is 13.0 Å². The molecule has 1 amide bonds. The zero-order valence-electron chi connectivity index (χ0n) is 14.5. The van der Waals surface area contributed by atoms with Gasteiger partial charge in [-0.15, -0.1) is 0 Å². The van der Waals surface area contributed by atoms with Crippen molar-refractivity contribution < 1.29 is 14.3 Å². The van der Waals surface area contributed by atoms with Gasteiger partial charge in [-0.05, 0) is 30.7 Å². The Morgan fingerprint density at radius 1 is 0.920 bits per heavy atom. The predicted molar refractivity (Wildman–Crippen MR) is 97.8 cm³/mol. The average molecular weight is 339 g/mol. The van der Waals surface area contributed by atoms with E-state index in [1.54, 1.807) is 0 Å². The highest BCUT2D eigenvalue weighted by molar-refractivity contribution is 5.76. The first kappa shape index (κ1) is 17.3. The van der Waals surface area contributed by atoms with E-state index in [-0.39, 0.29) is 12.0 Å². The molecule has 0 N–H and O–H groups in total. The lowest BCUT2D eigenvalue weighted by atomic mass is 10.1. The number of rotatable bonds is 7. The molecular formula is C21H25NO3. The van der Waals surface area contributed by atoms with E-state index in [1.165, 1.54) is 0 Å². The summed E-state index contributed by atoms with van der Waals surface area (Å²) < 4.78 is 11.6. The molecular weight excluding hydrogens is 314 g/mol. The second-order valence-corrected chi connectivity index (χ2v) is 6.28. The third kappa shape index (κ3) is 5.52. The van der Waals surface area contributed by atoms with Crippen LogP contribution in [0.15, 0.2) is 60.7 Å². The van der Waals surface area contributed by atoms with Gasteiger partial charge in [-0.3, -0.25) is 4.79 Å². The largest absolute Gasteiger partial charge is 0.494 e. The zero-order valence-corrected chi connectivity index (χ0v) is 14.5. The molecule has 1 aliphatic rings. The molecule has 1 aliphatic heterocycles. The third-order valence-electron chi connectivity index (χ3n) is 4.39. The second-order valence-electron chi connectivity index (χ2n) is 6.28. The topological polar surface area (TPSA) is 38.8 Å². The SMILES string of the molecule is O=C(CCCOc1ccccc1)N1CCC(Oc2ccccc2)CC1. The van der Waals surface area contributed by atoms with Crippen molar-refractivity contribution in [1.29, 1.82) is 0 Å². The van der Waals surface area contributed by atoms with E-state index in [9.17, 15) is 4.79 Å². The first-order valence-corrected chi connectivity index (χ1v) is 8.98. The van der Waals surface area contributed by atoms with Gasteiger partial charge in [0.25, 0.3) is 0 Å². The van der Waals surface area contributed by atoms with Crippen LogP contribution < -0.4 is 9.47 Å². The van der Waals surface area contributed by atoms with Crippen molar-refractivity contribution in [3.63, 3.8) is 0 Å². The summed E-state index contributed by atoms with van der Waals surface area (Å²) in [6, 6.07) is 19.6. The van der Waals surface area contributed by atoms with Crippen molar-refractivity contribution in [3.05, 3.63) is 60.7 Å². The Labute approximate surface area is 149 Å². The highest BCUT2D eigenvalue weighted by Crippen LogP contribution is 2.19. The van der Waals surface area contributed by atoms with Crippen LogP contribution in [0.4, 0.5) is 0 Å². The maximum absolute atomic E-state index is 12.3. The standard InChI is InChI=1S/C21H25NO3/c23-21(12-7-17-24-18-8-3-1-4-9-18)22-15-13-20(14-16-22)25-19-10-5-2-6-11-19/h1-6,8-11,20H,7,12-17H2. The molecule has 4 nitrogen and oxygen atoms in total. The lowest BCUT2D eigenvalue weighted by molar-refractivity contribution is -0.133. The monoisotopic (exact) mass is 339 g/mol. The van der Waals surface area contributed by atoms with Crippen LogP contribution in [0.5, 0.6) is 11.5 Å². The highest BCUT2D eigenvalue weighted by atomic mass is 16.5. The van der Waals surface area contributed by atoms with E-state index < -0.39 is 0 Å². The van der Waals surface area contributed by atoms with Crippen LogP contribution in [0.3, 0.4) is 0 Å². The molecule has 0 radical (unpaired) electrons. The molecule has 0 atom stereocenters. The number of para-hydroxylation sites is 2. The van der Waals surface area contributed by atoms with Gasteiger partial charge in [0.15, 0.2) is 0 Å². The van der Waals surface area contributed by atoms with E-state index in [2.05, 4.69) is 0 Å². The molecule has 0 aliphatic carbocycles. The van der Waals surface area contributed by atoms with E-state index in [4.69, 9.17) is 9.47 Å². The number of benzene rings is 2. The fourth-order valence-corrected chi connectivity index (χ4v) is 3.00. The number of hydrogen-bond acceptors (Lipinski definition) is 3. The predicted octanol–water partition coefficient (Wildman–Crippen LogP) is 3.92. The summed E-state index contributed by atoms with van der Waals surface area (Å²) in [6.07, 6.45) is 3.26. The van der Waals surface area contributed by atoms with Gasteiger partial charge >= 0.3 is 0 Å². The van der Waals surface area contributed by atoms with Gasteiger partial charge < -0.3 is 14.4 Å². The molecule has 0 unspecified atom stereocenters. The molecule has 1 saturated heterocycles. The van der Waals surface area contributed by atoms with Crippen molar-refractivity contribution in [2.75, 3.05) is 19.7 Å². The third-order valence-corrected chi connectivity index (χ3v) is 4.39. The minimum atomic E-state index is 0.202. The molecule has 0 aromatic heterocycles. The normalized spacial score (nSPS) is 15.0. The van der Waals surface area contributed by atoms with Crippen LogP contribution in [0, 0.1) is 0 Å². The van der Waals surface area contributed by atoms with E-state index >= 15 is 0 Å². The molecule has 4 heteroatoms. The minimum absolute atomic E-state index is 0.202. The number of nitrogens with zero attached hydrogens (tertiary/aromatic N) is 1. The van der Waals surface area contributed by atoms with Gasteiger partial charge in [-0.2, -0.15) is 0 Å². The number of carbonyl (C=O) groups is 1. The van der Waals surface area contributed by atoms with Gasteiger partial charge in [0.2, 0.25) is 5.91 Å². The smallest absolute Gasteiger partial charge is 0.222 e. The number of hydrogen-bond donors (Lipinski definition) is 0. The maximum atomic E-state index is 12.3. The van der Waals surface area contributed by atoms with Crippen LogP contribution in [-0.4, -0.2) is 36.6 Å². The van der Waals surface area contributed by atoms with Crippen LogP contribution in [0.2, 0.25) is 0 Å². The molecule has 1 heterocycles. The Hall–Kier alpha value is -2.49. The molecule has 2 aromatic carbocycles. The van der Waals surface area contributed by atoms with Crippen LogP contribution in [-0.2, 0) is 4.79 Å². The van der Waals surface area contributed by atoms with Gasteiger partial charge in [0.1, 0.15) is 17.6 Å². The number of likely N-dealkylation sites (tertiary alicyclic amines) is 1. The molecule has 25 heavy (non-hydrogen) atoms. The van der Waals surface area contributed by atoms with Crippen molar-refractivity contribution in [2.45, 2.75) is 31.8 Å². The Morgan fingerprint density at radius 3 is 2.16 bits per heavy atom. The molecule has 1 fully saturated rings. The summed E-state index contributed by atoms with van der Waals surface area (Å²) in [5.74, 6) is 1.98. The van der Waals surface area contributed by atoms with Crippen molar-refractivity contribution >= 4 is 5.91 Å². The van der Waals surface area contributed by atoms with Gasteiger partial charge in [0.05, 0.1) is 6.61 Å². The average Bonchev–Trinajstić information content (AvgIpc) is 2.67. The van der Waals surface area contributed by atoms with Crippen molar-refractivity contribution in [2.24, 2.45) is 0 Å². The van der Waals surface area contributed by atoms with Crippen molar-refractivity contribution in [3.8, 4) is 11.5 Å². The fourth-order valence-electron chi connectivity index (χ4n) is 3.00. The van der Waals surface area contributed by atoms with Gasteiger partial charge in [-0.1, -0.05) is 36.4 Å². The highest BCUT2D eigenvalue weighted by Gasteiger charge is 2.23. The quantitative estimate of drug-likeness (QED) is 0.718. The molecule has 0 bridgehead atoms. The van der Waals surface area contributed by atoms with Gasteiger partial charge in [-0.25, -0.2) is 0 Å². The summed E-state index contributed by atoms with van der Waals surface area (Å²) in [4.78, 5) is 14.3. The Morgan fingerprint density at radius 2 is 1.52 bits per heavy atom. The van der Waals surface area contributed by atoms with E-state index in [0.717, 1.165) is 43.9 Å². The van der Waals surface area contributed by atoms with Crippen LogP contribution in [0.1, 0.15) is 25.7 Å². The number of amides is 1. The fraction of sp³-hybridized carbons (Fsp3) is 0.381. The maximum Gasteiger partial charge on any atom is 0.222 e. The lowest BCUT2D eigenvalue weighted by Crippen LogP contribution is -2.41. The number of piperidine rings is 1. The van der Waals surface area contributed by atoms with Crippen LogP contribution >= 0.6 is 0 Å². The molecule has 132 valence electrons. The lowest BCUT2D eigenvalue weighted by Gasteiger charge is -2.32. The molecule has 0 spiro atoms. The summed E-state index contributed by atoms with van der Waals surface area (Å²) in [5.41, 5.74) is 0. The summed E-state index contributed by atoms with van der Waals surface area (Å²) in [5, 5.41) is 0. The Kier molecular flexibility index (Phi) is 6.32. The van der Waals surface area contributed by atoms with E-state index in [1.807, 2.05) is 65.6 Å².